The zero-order valence-electron chi connectivity index (χ0n) is 7.22. The molecule has 2 heteroatoms. The molecule has 0 aromatic rings. The summed E-state index contributed by atoms with van der Waals surface area (Å²) in [6, 6.07) is 0. The topological polar surface area (TPSA) is 9.23 Å². The van der Waals surface area contributed by atoms with E-state index in [4.69, 9.17) is 4.74 Å². The Balaban J connectivity index is 2.77. The molecule has 0 aliphatic heterocycles. The van der Waals surface area contributed by atoms with Crippen LogP contribution < -0.4 is 0 Å². The Hall–Kier alpha value is 0.310. The van der Waals surface area contributed by atoms with Crippen LogP contribution in [0, 0.1) is 0 Å². The van der Waals surface area contributed by atoms with Gasteiger partial charge in [-0.3, -0.25) is 0 Å². The molecule has 0 aromatic carbocycles. The van der Waals surface area contributed by atoms with Gasteiger partial charge in [-0.2, -0.15) is 11.8 Å². The number of ether oxygens (including phenoxy) is 1. The zero-order valence-corrected chi connectivity index (χ0v) is 8.04. The Morgan fingerprint density at radius 2 is 2.00 bits per heavy atom. The number of hydrogen-bond donors (Lipinski definition) is 0. The van der Waals surface area contributed by atoms with E-state index in [0.717, 1.165) is 12.4 Å². The third kappa shape index (κ3) is 8.31. The fourth-order valence-electron chi connectivity index (χ4n) is 0.589. The lowest BCUT2D eigenvalue weighted by Crippen LogP contribution is -2.05. The predicted octanol–water partition coefficient (Wildman–Crippen LogP) is 2.55. The molecule has 0 saturated carbocycles. The van der Waals surface area contributed by atoms with Crippen LogP contribution in [0.15, 0.2) is 0 Å². The van der Waals surface area contributed by atoms with Crippen molar-refractivity contribution in [1.29, 1.82) is 0 Å². The zero-order chi connectivity index (χ0) is 7.82. The summed E-state index contributed by atoms with van der Waals surface area (Å²) >= 11 is 1.97. The summed E-state index contributed by atoms with van der Waals surface area (Å²) in [4.78, 5) is 0. The van der Waals surface area contributed by atoms with E-state index in [9.17, 15) is 0 Å². The fraction of sp³-hybridized carbons (Fsp3) is 1.00. The second kappa shape index (κ2) is 7.42. The Labute approximate surface area is 68.5 Å². The largest absolute Gasteiger partial charge is 0.378 e. The third-order valence-corrected chi connectivity index (χ3v) is 2.18. The van der Waals surface area contributed by atoms with Gasteiger partial charge in [0.2, 0.25) is 0 Å². The van der Waals surface area contributed by atoms with E-state index in [2.05, 4.69) is 20.8 Å². The van der Waals surface area contributed by atoms with Crippen LogP contribution in [0.3, 0.4) is 0 Å². The van der Waals surface area contributed by atoms with E-state index in [0.29, 0.717) is 6.10 Å². The highest BCUT2D eigenvalue weighted by Crippen LogP contribution is 2.01. The van der Waals surface area contributed by atoms with Crippen LogP contribution in [0.5, 0.6) is 0 Å². The third-order valence-electron chi connectivity index (χ3n) is 1.03. The summed E-state index contributed by atoms with van der Waals surface area (Å²) in [5.74, 6) is 2.41. The molecule has 0 heterocycles. The molecule has 1 nitrogen and oxygen atoms in total. The second-order valence-corrected chi connectivity index (χ2v) is 3.76. The normalized spacial score (nSPS) is 10.8. The Kier molecular flexibility index (Phi) is 7.65. The van der Waals surface area contributed by atoms with Gasteiger partial charge in [-0.25, -0.2) is 0 Å². The maximum absolute atomic E-state index is 5.37. The highest BCUT2D eigenvalue weighted by atomic mass is 32.2. The summed E-state index contributed by atoms with van der Waals surface area (Å²) in [7, 11) is 0. The van der Waals surface area contributed by atoms with Crippen LogP contribution >= 0.6 is 11.8 Å². The van der Waals surface area contributed by atoms with Crippen molar-refractivity contribution < 1.29 is 4.74 Å². The number of rotatable bonds is 6. The highest BCUT2D eigenvalue weighted by Gasteiger charge is 1.91. The van der Waals surface area contributed by atoms with Gasteiger partial charge in [0.1, 0.15) is 0 Å². The van der Waals surface area contributed by atoms with Gasteiger partial charge in [0.25, 0.3) is 0 Å². The minimum atomic E-state index is 0.391. The Bertz CT molecular complexity index is 64.3. The van der Waals surface area contributed by atoms with Crippen LogP contribution in [-0.2, 0) is 4.74 Å². The van der Waals surface area contributed by atoms with Gasteiger partial charge in [0.05, 0.1) is 12.7 Å². The molecule has 62 valence electrons. The van der Waals surface area contributed by atoms with Crippen LogP contribution in [-0.4, -0.2) is 24.2 Å². The van der Waals surface area contributed by atoms with Crippen LogP contribution in [0.2, 0.25) is 0 Å². The van der Waals surface area contributed by atoms with E-state index in [-0.39, 0.29) is 0 Å². The van der Waals surface area contributed by atoms with Crippen molar-refractivity contribution in [2.45, 2.75) is 33.3 Å². The van der Waals surface area contributed by atoms with Gasteiger partial charge in [-0.1, -0.05) is 6.92 Å². The maximum Gasteiger partial charge on any atom is 0.0560 e. The molecule has 0 atom stereocenters. The molecular formula is C8H18OS. The molecule has 0 aliphatic rings. The van der Waals surface area contributed by atoms with Gasteiger partial charge in [-0.05, 0) is 26.0 Å². The fourth-order valence-corrected chi connectivity index (χ4v) is 1.30. The first kappa shape index (κ1) is 10.3. The average molecular weight is 162 g/mol. The SMILES string of the molecule is CCCSCCOC(C)C. The van der Waals surface area contributed by atoms with E-state index in [1.165, 1.54) is 12.2 Å². The molecule has 0 spiro atoms. The van der Waals surface area contributed by atoms with Crippen molar-refractivity contribution in [1.82, 2.24) is 0 Å². The monoisotopic (exact) mass is 162 g/mol. The van der Waals surface area contributed by atoms with E-state index < -0.39 is 0 Å². The molecule has 0 bridgehead atoms. The number of hydrogen-bond acceptors (Lipinski definition) is 2. The van der Waals surface area contributed by atoms with Crippen molar-refractivity contribution >= 4 is 11.8 Å². The summed E-state index contributed by atoms with van der Waals surface area (Å²) < 4.78 is 5.37. The number of thioether (sulfide) groups is 1. The molecule has 0 fully saturated rings. The molecule has 0 saturated heterocycles. The van der Waals surface area contributed by atoms with E-state index >= 15 is 0 Å². The minimum Gasteiger partial charge on any atom is -0.378 e. The first-order valence-corrected chi connectivity index (χ1v) is 5.12. The first-order chi connectivity index (χ1) is 4.77. The standard InChI is InChI=1S/C8H18OS/c1-4-6-10-7-5-9-8(2)3/h8H,4-7H2,1-3H3. The highest BCUT2D eigenvalue weighted by molar-refractivity contribution is 7.99. The quantitative estimate of drug-likeness (QED) is 0.555. The molecule has 0 unspecified atom stereocenters. The Morgan fingerprint density at radius 1 is 1.30 bits per heavy atom. The summed E-state index contributed by atoms with van der Waals surface area (Å²) in [5, 5.41) is 0. The average Bonchev–Trinajstić information content (AvgIpc) is 1.87. The smallest absolute Gasteiger partial charge is 0.0560 e. The maximum atomic E-state index is 5.37. The van der Waals surface area contributed by atoms with Crippen LogP contribution in [0.1, 0.15) is 27.2 Å². The molecule has 0 N–H and O–H groups in total. The van der Waals surface area contributed by atoms with Crippen LogP contribution in [0.25, 0.3) is 0 Å². The molecule has 0 aliphatic carbocycles. The van der Waals surface area contributed by atoms with Gasteiger partial charge < -0.3 is 4.74 Å². The van der Waals surface area contributed by atoms with Gasteiger partial charge in [0.15, 0.2) is 0 Å². The van der Waals surface area contributed by atoms with Crippen molar-refractivity contribution in [2.75, 3.05) is 18.1 Å². The van der Waals surface area contributed by atoms with Gasteiger partial charge >= 0.3 is 0 Å². The summed E-state index contributed by atoms with van der Waals surface area (Å²) in [6.45, 7) is 7.26. The van der Waals surface area contributed by atoms with Gasteiger partial charge in [-0.15, -0.1) is 0 Å². The van der Waals surface area contributed by atoms with Crippen LogP contribution in [0.4, 0.5) is 0 Å². The molecule has 10 heavy (non-hydrogen) atoms. The summed E-state index contributed by atoms with van der Waals surface area (Å²) in [5.41, 5.74) is 0. The lowest BCUT2D eigenvalue weighted by Gasteiger charge is -2.05. The van der Waals surface area contributed by atoms with Crippen molar-refractivity contribution in [3.63, 3.8) is 0 Å². The minimum absolute atomic E-state index is 0.391. The van der Waals surface area contributed by atoms with Crippen molar-refractivity contribution in [2.24, 2.45) is 0 Å². The molecule has 0 rings (SSSR count). The Morgan fingerprint density at radius 3 is 2.50 bits per heavy atom. The summed E-state index contributed by atoms with van der Waals surface area (Å²) in [6.07, 6.45) is 1.66. The second-order valence-electron chi connectivity index (χ2n) is 2.53. The molecule has 0 radical (unpaired) electrons. The van der Waals surface area contributed by atoms with Crippen molar-refractivity contribution in [3.8, 4) is 0 Å². The lowest BCUT2D eigenvalue weighted by molar-refractivity contribution is 0.0920. The van der Waals surface area contributed by atoms with E-state index in [1.807, 2.05) is 11.8 Å². The van der Waals surface area contributed by atoms with Crippen molar-refractivity contribution in [3.05, 3.63) is 0 Å². The van der Waals surface area contributed by atoms with E-state index in [1.54, 1.807) is 0 Å². The molecule has 0 amide bonds. The lowest BCUT2D eigenvalue weighted by atomic mass is 10.5. The first-order valence-electron chi connectivity index (χ1n) is 3.96. The predicted molar refractivity (Wildman–Crippen MR) is 48.7 cm³/mol. The van der Waals surface area contributed by atoms with Gasteiger partial charge in [0, 0.05) is 5.75 Å². The molecular weight excluding hydrogens is 144 g/mol. The molecule has 0 aromatic heterocycles.